The molecular formula is C23H16FN5. The molecule has 2 N–H and O–H groups in total. The lowest BCUT2D eigenvalue weighted by Gasteiger charge is -2.08. The highest BCUT2D eigenvalue weighted by Gasteiger charge is 2.07. The van der Waals surface area contributed by atoms with Crippen molar-refractivity contribution in [3.8, 4) is 22.6 Å². The first-order chi connectivity index (χ1) is 14.2. The van der Waals surface area contributed by atoms with Crippen LogP contribution < -0.4 is 5.32 Å². The van der Waals surface area contributed by atoms with Gasteiger partial charge in [0.2, 0.25) is 0 Å². The first-order valence-electron chi connectivity index (χ1n) is 9.15. The number of H-pyrrole nitrogens is 1. The van der Waals surface area contributed by atoms with E-state index in [4.69, 9.17) is 0 Å². The highest BCUT2D eigenvalue weighted by Crippen LogP contribution is 2.26. The molecule has 0 bridgehead atoms. The molecule has 0 saturated heterocycles. The number of fused-ring (bicyclic) bond motifs is 1. The highest BCUT2D eigenvalue weighted by atomic mass is 19.1. The number of hydrogen-bond donors (Lipinski definition) is 2. The summed E-state index contributed by atoms with van der Waals surface area (Å²) in [4.78, 5) is 7.73. The zero-order valence-corrected chi connectivity index (χ0v) is 15.3. The van der Waals surface area contributed by atoms with E-state index < -0.39 is 0 Å². The lowest BCUT2D eigenvalue weighted by Crippen LogP contribution is -1.92. The smallest absolute Gasteiger partial charge is 0.138 e. The van der Waals surface area contributed by atoms with Crippen molar-refractivity contribution in [2.75, 3.05) is 5.32 Å². The fraction of sp³-hybridized carbons (Fsp3) is 0. The molecule has 0 aliphatic rings. The molecule has 5 aromatic rings. The van der Waals surface area contributed by atoms with Gasteiger partial charge >= 0.3 is 0 Å². The number of nitrogens with one attached hydrogen (secondary N) is 2. The fourth-order valence-electron chi connectivity index (χ4n) is 3.21. The quantitative estimate of drug-likeness (QED) is 0.427. The predicted octanol–water partition coefficient (Wildman–Crippen LogP) is 5.57. The Morgan fingerprint density at radius 2 is 1.69 bits per heavy atom. The zero-order valence-electron chi connectivity index (χ0n) is 15.3. The summed E-state index contributed by atoms with van der Waals surface area (Å²) in [5.74, 6) is 0.417. The average molecular weight is 381 g/mol. The van der Waals surface area contributed by atoms with Gasteiger partial charge in [-0.05, 0) is 54.6 Å². The van der Waals surface area contributed by atoms with Crippen LogP contribution in [0.4, 0.5) is 15.8 Å². The summed E-state index contributed by atoms with van der Waals surface area (Å²) < 4.78 is 13.4. The molecule has 3 aromatic carbocycles. The fourth-order valence-corrected chi connectivity index (χ4v) is 3.21. The van der Waals surface area contributed by atoms with Gasteiger partial charge in [0.1, 0.15) is 11.6 Å². The minimum Gasteiger partial charge on any atom is -0.356 e. The van der Waals surface area contributed by atoms with E-state index in [-0.39, 0.29) is 5.82 Å². The number of rotatable bonds is 4. The molecule has 5 nitrogen and oxygen atoms in total. The summed E-state index contributed by atoms with van der Waals surface area (Å²) >= 11 is 0. The maximum atomic E-state index is 13.4. The van der Waals surface area contributed by atoms with Crippen LogP contribution in [-0.4, -0.2) is 20.2 Å². The standard InChI is InChI=1S/C23H16FN5/c24-17-8-11-21-22(14-17)28-23(27-21)16-3-1-4-19(13-16)26-18-9-6-15(7-10-18)20-5-2-12-25-29-20/h1-14,26H,(H,27,28). The van der Waals surface area contributed by atoms with Crippen molar-refractivity contribution < 1.29 is 4.39 Å². The Morgan fingerprint density at radius 3 is 2.52 bits per heavy atom. The summed E-state index contributed by atoms with van der Waals surface area (Å²) in [5.41, 5.74) is 6.07. The molecular weight excluding hydrogens is 365 g/mol. The molecule has 0 spiro atoms. The molecule has 0 radical (unpaired) electrons. The lowest BCUT2D eigenvalue weighted by molar-refractivity contribution is 0.629. The Morgan fingerprint density at radius 1 is 0.793 bits per heavy atom. The van der Waals surface area contributed by atoms with Gasteiger partial charge in [0.15, 0.2) is 0 Å². The second kappa shape index (κ2) is 7.16. The number of hydrogen-bond acceptors (Lipinski definition) is 4. The third-order valence-electron chi connectivity index (χ3n) is 4.62. The van der Waals surface area contributed by atoms with Crippen molar-refractivity contribution in [2.45, 2.75) is 0 Å². The van der Waals surface area contributed by atoms with Crippen LogP contribution in [0.2, 0.25) is 0 Å². The van der Waals surface area contributed by atoms with E-state index in [2.05, 4.69) is 25.5 Å². The van der Waals surface area contributed by atoms with Crippen LogP contribution >= 0.6 is 0 Å². The molecule has 6 heteroatoms. The molecule has 0 fully saturated rings. The summed E-state index contributed by atoms with van der Waals surface area (Å²) in [6.07, 6.45) is 1.66. The first-order valence-corrected chi connectivity index (χ1v) is 9.15. The first kappa shape index (κ1) is 17.1. The van der Waals surface area contributed by atoms with Crippen LogP contribution in [0, 0.1) is 5.82 Å². The van der Waals surface area contributed by atoms with Gasteiger partial charge in [-0.2, -0.15) is 10.2 Å². The van der Waals surface area contributed by atoms with Gasteiger partial charge in [0, 0.05) is 28.7 Å². The Labute approximate surface area is 166 Å². The van der Waals surface area contributed by atoms with Gasteiger partial charge in [-0.15, -0.1) is 0 Å². The monoisotopic (exact) mass is 381 g/mol. The van der Waals surface area contributed by atoms with Crippen molar-refractivity contribution in [1.82, 2.24) is 20.2 Å². The van der Waals surface area contributed by atoms with Crippen molar-refractivity contribution in [3.63, 3.8) is 0 Å². The van der Waals surface area contributed by atoms with E-state index in [0.29, 0.717) is 11.3 Å². The molecule has 0 amide bonds. The number of nitrogens with zero attached hydrogens (tertiary/aromatic N) is 3. The van der Waals surface area contributed by atoms with Crippen LogP contribution in [-0.2, 0) is 0 Å². The average Bonchev–Trinajstić information content (AvgIpc) is 3.18. The minimum absolute atomic E-state index is 0.284. The molecule has 0 aliphatic heterocycles. The molecule has 140 valence electrons. The Kier molecular flexibility index (Phi) is 4.22. The number of halogens is 1. The molecule has 5 rings (SSSR count). The van der Waals surface area contributed by atoms with Crippen LogP contribution in [0.3, 0.4) is 0 Å². The normalized spacial score (nSPS) is 10.9. The molecule has 2 heterocycles. The van der Waals surface area contributed by atoms with Crippen LogP contribution in [0.5, 0.6) is 0 Å². The number of benzene rings is 3. The van der Waals surface area contributed by atoms with Gasteiger partial charge in [-0.3, -0.25) is 0 Å². The summed E-state index contributed by atoms with van der Waals surface area (Å²) in [7, 11) is 0. The lowest BCUT2D eigenvalue weighted by atomic mass is 10.1. The van der Waals surface area contributed by atoms with E-state index in [1.807, 2.05) is 60.7 Å². The van der Waals surface area contributed by atoms with Gasteiger partial charge in [-0.25, -0.2) is 9.37 Å². The van der Waals surface area contributed by atoms with E-state index in [0.717, 1.165) is 33.7 Å². The number of anilines is 2. The molecule has 0 unspecified atom stereocenters. The third-order valence-corrected chi connectivity index (χ3v) is 4.62. The molecule has 0 saturated carbocycles. The molecule has 29 heavy (non-hydrogen) atoms. The molecule has 0 atom stereocenters. The van der Waals surface area contributed by atoms with Crippen LogP contribution in [0.15, 0.2) is 85.1 Å². The number of aromatic nitrogens is 4. The molecule has 0 aliphatic carbocycles. The molecule has 2 aromatic heterocycles. The summed E-state index contributed by atoms with van der Waals surface area (Å²) in [5, 5.41) is 11.4. The van der Waals surface area contributed by atoms with Crippen molar-refractivity contribution in [1.29, 1.82) is 0 Å². The van der Waals surface area contributed by atoms with Crippen LogP contribution in [0.25, 0.3) is 33.7 Å². The van der Waals surface area contributed by atoms with E-state index >= 15 is 0 Å². The maximum absolute atomic E-state index is 13.4. The van der Waals surface area contributed by atoms with E-state index in [1.54, 1.807) is 12.3 Å². The Hall–Kier alpha value is -4.06. The SMILES string of the molecule is Fc1ccc2nc(-c3cccc(Nc4ccc(-c5cccnn5)cc4)c3)[nH]c2c1. The van der Waals surface area contributed by atoms with Gasteiger partial charge in [-0.1, -0.05) is 24.3 Å². The Balaban J connectivity index is 1.39. The Bertz CT molecular complexity index is 1280. The van der Waals surface area contributed by atoms with Gasteiger partial charge in [0.05, 0.1) is 16.7 Å². The highest BCUT2D eigenvalue weighted by molar-refractivity contribution is 5.80. The van der Waals surface area contributed by atoms with Gasteiger partial charge in [0.25, 0.3) is 0 Å². The second-order valence-electron chi connectivity index (χ2n) is 6.64. The van der Waals surface area contributed by atoms with Crippen LogP contribution in [0.1, 0.15) is 0 Å². The predicted molar refractivity (Wildman–Crippen MR) is 112 cm³/mol. The third kappa shape index (κ3) is 3.55. The summed E-state index contributed by atoms with van der Waals surface area (Å²) in [6, 6.07) is 24.3. The number of aromatic amines is 1. The van der Waals surface area contributed by atoms with Crippen molar-refractivity contribution in [2.24, 2.45) is 0 Å². The number of imidazole rings is 1. The maximum Gasteiger partial charge on any atom is 0.138 e. The second-order valence-corrected chi connectivity index (χ2v) is 6.64. The summed E-state index contributed by atoms with van der Waals surface area (Å²) in [6.45, 7) is 0. The van der Waals surface area contributed by atoms with E-state index in [1.165, 1.54) is 12.1 Å². The van der Waals surface area contributed by atoms with Crippen molar-refractivity contribution in [3.05, 3.63) is 90.9 Å². The topological polar surface area (TPSA) is 66.5 Å². The zero-order chi connectivity index (χ0) is 19.6. The van der Waals surface area contributed by atoms with E-state index in [9.17, 15) is 4.39 Å². The minimum atomic E-state index is -0.284. The largest absolute Gasteiger partial charge is 0.356 e. The van der Waals surface area contributed by atoms with Crippen molar-refractivity contribution >= 4 is 22.4 Å². The van der Waals surface area contributed by atoms with Gasteiger partial charge < -0.3 is 10.3 Å².